The van der Waals surface area contributed by atoms with Gasteiger partial charge in [0.15, 0.2) is 0 Å². The highest BCUT2D eigenvalue weighted by molar-refractivity contribution is 6.33. The SMILES string of the molecule is CCOC(=O)CC(N)c1cc(-c2c(C)cccc2Cl)cc(C)c1F. The number of esters is 1. The first-order valence-electron chi connectivity index (χ1n) is 7.81. The molecule has 1 unspecified atom stereocenters. The van der Waals surface area contributed by atoms with E-state index in [0.29, 0.717) is 10.6 Å². The fourth-order valence-corrected chi connectivity index (χ4v) is 3.05. The molecule has 0 radical (unpaired) electrons. The van der Waals surface area contributed by atoms with E-state index in [-0.39, 0.29) is 18.6 Å². The highest BCUT2D eigenvalue weighted by Crippen LogP contribution is 2.34. The van der Waals surface area contributed by atoms with Crippen LogP contribution in [0.15, 0.2) is 30.3 Å². The summed E-state index contributed by atoms with van der Waals surface area (Å²) in [7, 11) is 0. The maximum Gasteiger partial charge on any atom is 0.307 e. The summed E-state index contributed by atoms with van der Waals surface area (Å²) in [6.07, 6.45) is -0.0742. The van der Waals surface area contributed by atoms with Gasteiger partial charge in [0.25, 0.3) is 0 Å². The molecule has 0 aliphatic carbocycles. The number of halogens is 2. The zero-order chi connectivity index (χ0) is 17.9. The van der Waals surface area contributed by atoms with Crippen LogP contribution in [0.25, 0.3) is 11.1 Å². The van der Waals surface area contributed by atoms with Gasteiger partial charge in [-0.2, -0.15) is 0 Å². The number of hydrogen-bond donors (Lipinski definition) is 1. The molecule has 0 heterocycles. The lowest BCUT2D eigenvalue weighted by atomic mass is 9.93. The lowest BCUT2D eigenvalue weighted by molar-refractivity contribution is -0.143. The van der Waals surface area contributed by atoms with Crippen LogP contribution in [0.3, 0.4) is 0 Å². The van der Waals surface area contributed by atoms with E-state index in [4.69, 9.17) is 22.1 Å². The summed E-state index contributed by atoms with van der Waals surface area (Å²) < 4.78 is 19.4. The van der Waals surface area contributed by atoms with E-state index >= 15 is 0 Å². The molecule has 0 amide bonds. The van der Waals surface area contributed by atoms with E-state index in [1.165, 1.54) is 0 Å². The second kappa shape index (κ2) is 7.77. The topological polar surface area (TPSA) is 52.3 Å². The molecule has 1 atom stereocenters. The van der Waals surface area contributed by atoms with Crippen molar-refractivity contribution < 1.29 is 13.9 Å². The van der Waals surface area contributed by atoms with Crippen molar-refractivity contribution in [2.45, 2.75) is 33.2 Å². The van der Waals surface area contributed by atoms with Gasteiger partial charge in [0, 0.05) is 22.2 Å². The molecular weight excluding hydrogens is 329 g/mol. The van der Waals surface area contributed by atoms with Gasteiger partial charge in [-0.25, -0.2) is 4.39 Å². The van der Waals surface area contributed by atoms with Crippen LogP contribution in [0.4, 0.5) is 4.39 Å². The van der Waals surface area contributed by atoms with E-state index in [9.17, 15) is 9.18 Å². The first-order valence-corrected chi connectivity index (χ1v) is 8.19. The Balaban J connectivity index is 2.47. The second-order valence-corrected chi connectivity index (χ2v) is 6.15. The van der Waals surface area contributed by atoms with Gasteiger partial charge in [0.05, 0.1) is 13.0 Å². The largest absolute Gasteiger partial charge is 0.466 e. The monoisotopic (exact) mass is 349 g/mol. The van der Waals surface area contributed by atoms with Crippen LogP contribution < -0.4 is 5.73 Å². The first kappa shape index (κ1) is 18.4. The number of ether oxygens (including phenoxy) is 1. The standard InChI is InChI=1S/C19H21ClFNO2/c1-4-24-17(23)10-16(22)14-9-13(8-12(3)19(14)21)18-11(2)6-5-7-15(18)20/h5-9,16H,4,10,22H2,1-3H3. The number of nitrogens with two attached hydrogens (primary N) is 1. The fraction of sp³-hybridized carbons (Fsp3) is 0.316. The van der Waals surface area contributed by atoms with Gasteiger partial charge >= 0.3 is 5.97 Å². The summed E-state index contributed by atoms with van der Waals surface area (Å²) in [6.45, 7) is 5.60. The molecule has 0 fully saturated rings. The second-order valence-electron chi connectivity index (χ2n) is 5.74. The average Bonchev–Trinajstić information content (AvgIpc) is 2.50. The van der Waals surface area contributed by atoms with Crippen molar-refractivity contribution in [1.82, 2.24) is 0 Å². The summed E-state index contributed by atoms with van der Waals surface area (Å²) in [5, 5.41) is 0.589. The number of rotatable bonds is 5. The maximum absolute atomic E-state index is 14.5. The van der Waals surface area contributed by atoms with Crippen molar-refractivity contribution in [3.63, 3.8) is 0 Å². The minimum atomic E-state index is -0.773. The molecule has 2 aromatic rings. The lowest BCUT2D eigenvalue weighted by Crippen LogP contribution is -2.19. The van der Waals surface area contributed by atoms with Crippen molar-refractivity contribution in [2.24, 2.45) is 5.73 Å². The summed E-state index contributed by atoms with van der Waals surface area (Å²) in [4.78, 5) is 11.6. The Morgan fingerprint density at radius 1 is 1.29 bits per heavy atom. The van der Waals surface area contributed by atoms with Crippen molar-refractivity contribution in [2.75, 3.05) is 6.61 Å². The zero-order valence-electron chi connectivity index (χ0n) is 14.0. The first-order chi connectivity index (χ1) is 11.3. The summed E-state index contributed by atoms with van der Waals surface area (Å²) in [5.41, 5.74) is 9.40. The molecule has 5 heteroatoms. The van der Waals surface area contributed by atoms with E-state index in [1.54, 1.807) is 32.0 Å². The molecule has 0 spiro atoms. The molecule has 128 valence electrons. The normalized spacial score (nSPS) is 12.1. The van der Waals surface area contributed by atoms with Gasteiger partial charge in [0.2, 0.25) is 0 Å². The summed E-state index contributed by atoms with van der Waals surface area (Å²) in [5.74, 6) is -0.846. The lowest BCUT2D eigenvalue weighted by Gasteiger charge is -2.17. The van der Waals surface area contributed by atoms with Gasteiger partial charge in [-0.05, 0) is 55.7 Å². The van der Waals surface area contributed by atoms with E-state index in [0.717, 1.165) is 16.7 Å². The van der Waals surface area contributed by atoms with Crippen LogP contribution in [0.1, 0.15) is 36.1 Å². The molecule has 0 aliphatic rings. The van der Waals surface area contributed by atoms with E-state index in [1.807, 2.05) is 19.1 Å². The molecule has 3 nitrogen and oxygen atoms in total. The average molecular weight is 350 g/mol. The van der Waals surface area contributed by atoms with Crippen molar-refractivity contribution in [1.29, 1.82) is 0 Å². The van der Waals surface area contributed by atoms with Crippen molar-refractivity contribution in [3.8, 4) is 11.1 Å². The Bertz CT molecular complexity index is 741. The summed E-state index contributed by atoms with van der Waals surface area (Å²) >= 11 is 6.31. The molecule has 0 saturated carbocycles. The fourth-order valence-electron chi connectivity index (χ4n) is 2.72. The Labute approximate surface area is 146 Å². The maximum atomic E-state index is 14.5. The van der Waals surface area contributed by atoms with Crippen LogP contribution >= 0.6 is 11.6 Å². The quantitative estimate of drug-likeness (QED) is 0.795. The van der Waals surface area contributed by atoms with Gasteiger partial charge in [-0.1, -0.05) is 23.7 Å². The molecule has 0 saturated heterocycles. The highest BCUT2D eigenvalue weighted by Gasteiger charge is 2.20. The van der Waals surface area contributed by atoms with Crippen molar-refractivity contribution >= 4 is 17.6 Å². The van der Waals surface area contributed by atoms with Gasteiger partial charge in [-0.3, -0.25) is 4.79 Å². The third kappa shape index (κ3) is 3.94. The molecule has 2 aromatic carbocycles. The third-order valence-electron chi connectivity index (χ3n) is 3.88. The number of carbonyl (C=O) groups excluding carboxylic acids is 1. The number of carbonyl (C=O) groups is 1. The molecule has 2 rings (SSSR count). The number of aryl methyl sites for hydroxylation is 2. The molecule has 0 bridgehead atoms. The smallest absolute Gasteiger partial charge is 0.307 e. The zero-order valence-corrected chi connectivity index (χ0v) is 14.8. The molecule has 0 aromatic heterocycles. The van der Waals surface area contributed by atoms with Gasteiger partial charge < -0.3 is 10.5 Å². The number of benzene rings is 2. The van der Waals surface area contributed by atoms with Crippen LogP contribution in [0.5, 0.6) is 0 Å². The van der Waals surface area contributed by atoms with E-state index < -0.39 is 17.8 Å². The van der Waals surface area contributed by atoms with Crippen LogP contribution in [-0.2, 0) is 9.53 Å². The number of hydrogen-bond acceptors (Lipinski definition) is 3. The predicted molar refractivity (Wildman–Crippen MR) is 94.5 cm³/mol. The Hall–Kier alpha value is -1.91. The molecule has 24 heavy (non-hydrogen) atoms. The molecular formula is C19H21ClFNO2. The summed E-state index contributed by atoms with van der Waals surface area (Å²) in [6, 6.07) is 8.24. The minimum Gasteiger partial charge on any atom is -0.466 e. The van der Waals surface area contributed by atoms with Crippen LogP contribution in [-0.4, -0.2) is 12.6 Å². The minimum absolute atomic E-state index is 0.0742. The van der Waals surface area contributed by atoms with Crippen LogP contribution in [0, 0.1) is 19.7 Å². The Morgan fingerprint density at radius 2 is 2.00 bits per heavy atom. The van der Waals surface area contributed by atoms with Gasteiger partial charge in [-0.15, -0.1) is 0 Å². The molecule has 2 N–H and O–H groups in total. The Kier molecular flexibility index (Phi) is 5.97. The van der Waals surface area contributed by atoms with Crippen molar-refractivity contribution in [3.05, 3.63) is 57.9 Å². The highest BCUT2D eigenvalue weighted by atomic mass is 35.5. The Morgan fingerprint density at radius 3 is 2.62 bits per heavy atom. The van der Waals surface area contributed by atoms with Gasteiger partial charge in [0.1, 0.15) is 5.82 Å². The third-order valence-corrected chi connectivity index (χ3v) is 4.20. The molecule has 0 aliphatic heterocycles. The predicted octanol–water partition coefficient (Wildman–Crippen LogP) is 4.72. The van der Waals surface area contributed by atoms with Crippen LogP contribution in [0.2, 0.25) is 5.02 Å². The van der Waals surface area contributed by atoms with E-state index in [2.05, 4.69) is 0 Å².